The summed E-state index contributed by atoms with van der Waals surface area (Å²) < 4.78 is 16.6. The molecule has 0 aliphatic rings. The molecule has 26 heavy (non-hydrogen) atoms. The van der Waals surface area contributed by atoms with Crippen molar-refractivity contribution in [3.8, 4) is 11.5 Å². The molecular weight excluding hydrogens is 330 g/mol. The lowest BCUT2D eigenvalue weighted by Gasteiger charge is -2.16. The van der Waals surface area contributed by atoms with Crippen LogP contribution in [0.3, 0.4) is 0 Å². The molecule has 2 aromatic rings. The van der Waals surface area contributed by atoms with E-state index < -0.39 is 0 Å². The van der Waals surface area contributed by atoms with Gasteiger partial charge < -0.3 is 24.5 Å². The van der Waals surface area contributed by atoms with E-state index in [0.717, 1.165) is 41.1 Å². The zero-order valence-electron chi connectivity index (χ0n) is 16.3. The smallest absolute Gasteiger partial charge is 0.192 e. The molecule has 0 bridgehead atoms. The molecule has 1 aromatic heterocycles. The molecule has 0 saturated carbocycles. The molecule has 0 amide bonds. The summed E-state index contributed by atoms with van der Waals surface area (Å²) in [6.07, 6.45) is 0. The molecule has 0 radical (unpaired) electrons. The average Bonchev–Trinajstić information content (AvgIpc) is 3.07. The molecule has 0 saturated heterocycles. The van der Waals surface area contributed by atoms with Crippen LogP contribution in [-0.2, 0) is 6.54 Å². The summed E-state index contributed by atoms with van der Waals surface area (Å²) in [5, 5.41) is 6.63. The van der Waals surface area contributed by atoms with Gasteiger partial charge in [0.2, 0.25) is 0 Å². The van der Waals surface area contributed by atoms with Gasteiger partial charge in [0.15, 0.2) is 17.5 Å². The molecule has 0 spiro atoms. The van der Waals surface area contributed by atoms with Crippen LogP contribution in [0.5, 0.6) is 11.5 Å². The number of ether oxygens (including phenoxy) is 2. The highest BCUT2D eigenvalue weighted by Crippen LogP contribution is 2.28. The van der Waals surface area contributed by atoms with Crippen LogP contribution >= 0.6 is 0 Å². The summed E-state index contributed by atoms with van der Waals surface area (Å²) in [7, 11) is 1.64. The highest BCUT2D eigenvalue weighted by atomic mass is 16.5. The van der Waals surface area contributed by atoms with Crippen molar-refractivity contribution >= 4 is 5.96 Å². The molecule has 0 aliphatic carbocycles. The van der Waals surface area contributed by atoms with Crippen molar-refractivity contribution in [3.05, 3.63) is 47.4 Å². The fraction of sp³-hybridized carbons (Fsp3) is 0.450. The Kier molecular flexibility index (Phi) is 7.38. The van der Waals surface area contributed by atoms with Crippen molar-refractivity contribution in [1.29, 1.82) is 0 Å². The molecule has 0 aliphatic heterocycles. The van der Waals surface area contributed by atoms with Crippen molar-refractivity contribution in [1.82, 2.24) is 10.6 Å². The van der Waals surface area contributed by atoms with Crippen LogP contribution < -0.4 is 20.1 Å². The summed E-state index contributed by atoms with van der Waals surface area (Å²) in [5.41, 5.74) is 1.05. The molecule has 1 atom stereocenters. The topological polar surface area (TPSA) is 68.0 Å². The minimum atomic E-state index is 0.0244. The molecule has 6 nitrogen and oxygen atoms in total. The first-order chi connectivity index (χ1) is 12.6. The van der Waals surface area contributed by atoms with Gasteiger partial charge in [-0.2, -0.15) is 0 Å². The highest BCUT2D eigenvalue weighted by molar-refractivity contribution is 5.80. The molecule has 1 unspecified atom stereocenters. The number of benzene rings is 1. The number of methoxy groups -OCH3 is 1. The second-order valence-corrected chi connectivity index (χ2v) is 5.93. The third-order valence-corrected chi connectivity index (χ3v) is 3.83. The number of aliphatic imine (C=N–C) groups is 1. The number of hydrogen-bond donors (Lipinski definition) is 2. The van der Waals surface area contributed by atoms with Crippen LogP contribution in [0.4, 0.5) is 0 Å². The van der Waals surface area contributed by atoms with Crippen LogP contribution in [0.2, 0.25) is 0 Å². The number of aryl methyl sites for hydroxylation is 1. The first kappa shape index (κ1) is 19.7. The Bertz CT molecular complexity index is 725. The Balaban J connectivity index is 2.09. The third-order valence-electron chi connectivity index (χ3n) is 3.83. The van der Waals surface area contributed by atoms with Gasteiger partial charge in [-0.25, -0.2) is 4.99 Å². The van der Waals surface area contributed by atoms with Gasteiger partial charge in [-0.3, -0.25) is 0 Å². The molecule has 2 rings (SSSR count). The van der Waals surface area contributed by atoms with Crippen molar-refractivity contribution in [2.75, 3.05) is 20.3 Å². The van der Waals surface area contributed by atoms with E-state index in [1.165, 1.54) is 0 Å². The second-order valence-electron chi connectivity index (χ2n) is 5.93. The fourth-order valence-electron chi connectivity index (χ4n) is 2.54. The second kappa shape index (κ2) is 9.75. The lowest BCUT2D eigenvalue weighted by Crippen LogP contribution is -2.38. The van der Waals surface area contributed by atoms with Gasteiger partial charge in [-0.15, -0.1) is 0 Å². The predicted molar refractivity (Wildman–Crippen MR) is 104 cm³/mol. The van der Waals surface area contributed by atoms with Crippen molar-refractivity contribution in [2.24, 2.45) is 4.99 Å². The first-order valence-corrected chi connectivity index (χ1v) is 8.98. The maximum Gasteiger partial charge on any atom is 0.192 e. The molecule has 1 aromatic carbocycles. The zero-order chi connectivity index (χ0) is 18.9. The summed E-state index contributed by atoms with van der Waals surface area (Å²) in [4.78, 5) is 4.67. The molecule has 0 fully saturated rings. The average molecular weight is 359 g/mol. The van der Waals surface area contributed by atoms with E-state index in [9.17, 15) is 0 Å². The summed E-state index contributed by atoms with van der Waals surface area (Å²) in [5.74, 6) is 3.99. The minimum Gasteiger partial charge on any atom is -0.493 e. The lowest BCUT2D eigenvalue weighted by atomic mass is 10.2. The number of rotatable bonds is 8. The third kappa shape index (κ3) is 5.44. The Morgan fingerprint density at radius 2 is 2.00 bits per heavy atom. The van der Waals surface area contributed by atoms with Crippen LogP contribution in [0.1, 0.15) is 43.9 Å². The summed E-state index contributed by atoms with van der Waals surface area (Å²) >= 11 is 0. The predicted octanol–water partition coefficient (Wildman–Crippen LogP) is 3.81. The molecule has 6 heteroatoms. The van der Waals surface area contributed by atoms with Crippen LogP contribution in [0.25, 0.3) is 0 Å². The number of nitrogens with zero attached hydrogens (tertiary/aromatic N) is 1. The normalized spacial score (nSPS) is 12.6. The van der Waals surface area contributed by atoms with E-state index in [-0.39, 0.29) is 6.04 Å². The number of furan rings is 1. The van der Waals surface area contributed by atoms with E-state index in [2.05, 4.69) is 15.6 Å². The van der Waals surface area contributed by atoms with Gasteiger partial charge in [0, 0.05) is 6.54 Å². The fourth-order valence-corrected chi connectivity index (χ4v) is 2.54. The zero-order valence-corrected chi connectivity index (χ0v) is 16.3. The largest absolute Gasteiger partial charge is 0.493 e. The first-order valence-electron chi connectivity index (χ1n) is 8.98. The van der Waals surface area contributed by atoms with Crippen LogP contribution in [0, 0.1) is 6.92 Å². The number of hydrogen-bond acceptors (Lipinski definition) is 4. The van der Waals surface area contributed by atoms with Crippen molar-refractivity contribution in [3.63, 3.8) is 0 Å². The van der Waals surface area contributed by atoms with Gasteiger partial charge in [0.05, 0.1) is 26.3 Å². The van der Waals surface area contributed by atoms with Crippen LogP contribution in [-0.4, -0.2) is 26.2 Å². The van der Waals surface area contributed by atoms with Crippen molar-refractivity contribution < 1.29 is 13.9 Å². The van der Waals surface area contributed by atoms with Crippen molar-refractivity contribution in [2.45, 2.75) is 40.3 Å². The van der Waals surface area contributed by atoms with Crippen LogP contribution in [0.15, 0.2) is 39.7 Å². The Labute approximate surface area is 155 Å². The van der Waals surface area contributed by atoms with Gasteiger partial charge in [0.25, 0.3) is 0 Å². The standard InChI is InChI=1S/C20H29N3O3/c1-6-21-20(23-15(4)17-10-8-14(3)26-17)22-13-16-9-11-18(24-5)19(12-16)25-7-2/h8-12,15H,6-7,13H2,1-5H3,(H2,21,22,23). The van der Waals surface area contributed by atoms with E-state index >= 15 is 0 Å². The van der Waals surface area contributed by atoms with E-state index in [1.807, 2.05) is 58.0 Å². The maximum atomic E-state index is 5.68. The summed E-state index contributed by atoms with van der Waals surface area (Å²) in [6, 6.07) is 9.84. The van der Waals surface area contributed by atoms with E-state index in [4.69, 9.17) is 13.9 Å². The quantitative estimate of drug-likeness (QED) is 0.554. The molecule has 2 N–H and O–H groups in total. The Morgan fingerprint density at radius 3 is 2.62 bits per heavy atom. The molecule has 1 heterocycles. The number of nitrogens with one attached hydrogen (secondary N) is 2. The Morgan fingerprint density at radius 1 is 1.19 bits per heavy atom. The van der Waals surface area contributed by atoms with E-state index in [1.54, 1.807) is 7.11 Å². The molecular formula is C20H29N3O3. The van der Waals surface area contributed by atoms with E-state index in [0.29, 0.717) is 13.2 Å². The van der Waals surface area contributed by atoms with Gasteiger partial charge >= 0.3 is 0 Å². The van der Waals surface area contributed by atoms with Gasteiger partial charge in [-0.05, 0) is 57.5 Å². The summed E-state index contributed by atoms with van der Waals surface area (Å²) in [6.45, 7) is 9.88. The maximum absolute atomic E-state index is 5.68. The van der Waals surface area contributed by atoms with Gasteiger partial charge in [0.1, 0.15) is 11.5 Å². The SMILES string of the molecule is CCNC(=NCc1ccc(OC)c(OCC)c1)NC(C)c1ccc(C)o1. The highest BCUT2D eigenvalue weighted by Gasteiger charge is 2.11. The monoisotopic (exact) mass is 359 g/mol. The minimum absolute atomic E-state index is 0.0244. The van der Waals surface area contributed by atoms with Gasteiger partial charge in [-0.1, -0.05) is 6.07 Å². The Hall–Kier alpha value is -2.63. The lowest BCUT2D eigenvalue weighted by molar-refractivity contribution is 0.310. The molecule has 142 valence electrons. The number of guanidine groups is 1.